The minimum absolute atomic E-state index is 0.0826. The number of fused-ring (bicyclic) bond motifs is 1. The number of ether oxygens (including phenoxy) is 2. The van der Waals surface area contributed by atoms with Gasteiger partial charge in [-0.2, -0.15) is 5.10 Å². The third-order valence-corrected chi connectivity index (χ3v) is 6.92. The number of aromatic amines is 1. The van der Waals surface area contributed by atoms with E-state index < -0.39 is 16.1 Å². The Bertz CT molecular complexity index is 1410. The summed E-state index contributed by atoms with van der Waals surface area (Å²) in [5.74, 6) is 1.12. The molecule has 0 radical (unpaired) electrons. The zero-order chi connectivity index (χ0) is 24.8. The highest BCUT2D eigenvalue weighted by Crippen LogP contribution is 2.25. The number of sulfonamides is 1. The van der Waals surface area contributed by atoms with Gasteiger partial charge in [0.25, 0.3) is 10.0 Å². The molecule has 0 fully saturated rings. The average Bonchev–Trinajstić information content (AvgIpc) is 3.23. The van der Waals surface area contributed by atoms with Crippen molar-refractivity contribution in [1.29, 1.82) is 0 Å². The van der Waals surface area contributed by atoms with Gasteiger partial charge in [-0.05, 0) is 42.0 Å². The van der Waals surface area contributed by atoms with Crippen LogP contribution in [0.4, 0.5) is 5.69 Å². The number of halogens is 1. The van der Waals surface area contributed by atoms with Crippen molar-refractivity contribution in [1.82, 2.24) is 15.5 Å². The van der Waals surface area contributed by atoms with Crippen molar-refractivity contribution in [2.24, 2.45) is 0 Å². The molecule has 11 heteroatoms. The first-order valence-electron chi connectivity index (χ1n) is 10.8. The summed E-state index contributed by atoms with van der Waals surface area (Å²) in [4.78, 5) is 0.0826. The molecule has 0 aliphatic rings. The number of nitrogens with zero attached hydrogens (tertiary/aromatic N) is 1. The Kier molecular flexibility index (Phi) is 7.76. The minimum Gasteiger partial charge on any atom is -0.497 e. The molecular weight excluding hydrogens is 492 g/mol. The average molecular weight is 517 g/mol. The molecular formula is C24H25ClN4O5S. The maximum Gasteiger partial charge on any atom is 0.262 e. The second-order valence-electron chi connectivity index (χ2n) is 7.70. The van der Waals surface area contributed by atoms with Gasteiger partial charge in [0.2, 0.25) is 0 Å². The van der Waals surface area contributed by atoms with Crippen molar-refractivity contribution < 1.29 is 23.0 Å². The number of aliphatic hydroxyl groups excluding tert-OH is 1. The van der Waals surface area contributed by atoms with Crippen LogP contribution in [-0.2, 0) is 10.0 Å². The molecule has 1 aromatic heterocycles. The molecule has 1 heterocycles. The first-order chi connectivity index (χ1) is 16.9. The van der Waals surface area contributed by atoms with E-state index in [0.29, 0.717) is 41.1 Å². The van der Waals surface area contributed by atoms with Crippen LogP contribution in [0.25, 0.3) is 10.9 Å². The predicted molar refractivity (Wildman–Crippen MR) is 135 cm³/mol. The number of aromatic nitrogens is 2. The van der Waals surface area contributed by atoms with Crippen LogP contribution in [0, 0.1) is 0 Å². The molecule has 4 aromatic rings. The van der Waals surface area contributed by atoms with Gasteiger partial charge in [0, 0.05) is 36.3 Å². The fraction of sp³-hybridized carbons (Fsp3) is 0.208. The van der Waals surface area contributed by atoms with E-state index in [1.807, 2.05) is 18.2 Å². The van der Waals surface area contributed by atoms with E-state index in [-0.39, 0.29) is 11.4 Å². The fourth-order valence-electron chi connectivity index (χ4n) is 3.44. The summed E-state index contributed by atoms with van der Waals surface area (Å²) >= 11 is 5.98. The van der Waals surface area contributed by atoms with Crippen LogP contribution in [0.1, 0.15) is 11.7 Å². The van der Waals surface area contributed by atoms with Gasteiger partial charge in [0.05, 0.1) is 23.6 Å². The summed E-state index contributed by atoms with van der Waals surface area (Å²) in [7, 11) is -2.34. The standard InChI is InChI=1S/C24H25ClN4O5S/c1-33-18-6-3-7-20(13-18)35(31,32)29-17-5-2-4-16(12-17)23(30)15-26-10-11-34-19-8-9-21-22(14-19)27-28-24(21)25/h2-9,12-14,23,26,29-30H,10-11,15H2,1H3,(H,27,28)/t23-/m0/s1. The van der Waals surface area contributed by atoms with Crippen molar-refractivity contribution >= 4 is 38.2 Å². The monoisotopic (exact) mass is 516 g/mol. The summed E-state index contributed by atoms with van der Waals surface area (Å²) in [5.41, 5.74) is 1.71. The lowest BCUT2D eigenvalue weighted by molar-refractivity contribution is 0.172. The van der Waals surface area contributed by atoms with E-state index in [0.717, 1.165) is 10.9 Å². The highest BCUT2D eigenvalue weighted by atomic mass is 35.5. The predicted octanol–water partition coefficient (Wildman–Crippen LogP) is 3.73. The lowest BCUT2D eigenvalue weighted by Gasteiger charge is -2.15. The summed E-state index contributed by atoms with van der Waals surface area (Å²) in [6, 6.07) is 18.3. The van der Waals surface area contributed by atoms with Crippen LogP contribution >= 0.6 is 11.6 Å². The molecule has 0 bridgehead atoms. The van der Waals surface area contributed by atoms with Crippen LogP contribution in [0.15, 0.2) is 71.6 Å². The van der Waals surface area contributed by atoms with Crippen LogP contribution in [0.5, 0.6) is 11.5 Å². The molecule has 3 aromatic carbocycles. The zero-order valence-corrected chi connectivity index (χ0v) is 20.4. The SMILES string of the molecule is COc1cccc(S(=O)(=O)Nc2cccc([C@@H](O)CNCCOc3ccc4c(Cl)n[nH]c4c3)c2)c1. The van der Waals surface area contributed by atoms with Crippen molar-refractivity contribution in [3.8, 4) is 11.5 Å². The second kappa shape index (κ2) is 11.0. The third kappa shape index (κ3) is 6.23. The van der Waals surface area contributed by atoms with Crippen molar-refractivity contribution in [3.05, 3.63) is 77.4 Å². The largest absolute Gasteiger partial charge is 0.497 e. The number of H-pyrrole nitrogens is 1. The van der Waals surface area contributed by atoms with Gasteiger partial charge in [-0.25, -0.2) is 8.42 Å². The molecule has 4 N–H and O–H groups in total. The van der Waals surface area contributed by atoms with Crippen molar-refractivity contribution in [3.63, 3.8) is 0 Å². The fourth-order valence-corrected chi connectivity index (χ4v) is 4.74. The smallest absolute Gasteiger partial charge is 0.262 e. The molecule has 0 unspecified atom stereocenters. The van der Waals surface area contributed by atoms with Crippen LogP contribution in [0.2, 0.25) is 5.15 Å². The van der Waals surface area contributed by atoms with Gasteiger partial charge < -0.3 is 19.9 Å². The van der Waals surface area contributed by atoms with E-state index in [2.05, 4.69) is 20.2 Å². The summed E-state index contributed by atoms with van der Waals surface area (Å²) < 4.78 is 38.8. The van der Waals surface area contributed by atoms with E-state index >= 15 is 0 Å². The number of hydrogen-bond acceptors (Lipinski definition) is 7. The van der Waals surface area contributed by atoms with Gasteiger partial charge in [0.15, 0.2) is 5.15 Å². The maximum atomic E-state index is 12.7. The van der Waals surface area contributed by atoms with Gasteiger partial charge >= 0.3 is 0 Å². The molecule has 4 rings (SSSR count). The molecule has 0 saturated carbocycles. The highest BCUT2D eigenvalue weighted by Gasteiger charge is 2.16. The quantitative estimate of drug-likeness (QED) is 0.224. The van der Waals surface area contributed by atoms with Gasteiger partial charge in [-0.1, -0.05) is 29.8 Å². The Morgan fingerprint density at radius 2 is 1.91 bits per heavy atom. The van der Waals surface area contributed by atoms with E-state index in [1.165, 1.54) is 19.2 Å². The Morgan fingerprint density at radius 1 is 1.09 bits per heavy atom. The molecule has 0 saturated heterocycles. The Labute approximate surface area is 208 Å². The van der Waals surface area contributed by atoms with E-state index in [9.17, 15) is 13.5 Å². The first-order valence-corrected chi connectivity index (χ1v) is 12.6. The molecule has 0 amide bonds. The van der Waals surface area contributed by atoms with Gasteiger partial charge in [-0.15, -0.1) is 0 Å². The summed E-state index contributed by atoms with van der Waals surface area (Å²) in [5, 5.41) is 21.7. The number of anilines is 1. The van der Waals surface area contributed by atoms with Gasteiger partial charge in [0.1, 0.15) is 18.1 Å². The van der Waals surface area contributed by atoms with Crippen molar-refractivity contribution in [2.75, 3.05) is 31.5 Å². The highest BCUT2D eigenvalue weighted by molar-refractivity contribution is 7.92. The molecule has 1 atom stereocenters. The Balaban J connectivity index is 1.28. The number of rotatable bonds is 11. The summed E-state index contributed by atoms with van der Waals surface area (Å²) in [6.45, 7) is 1.16. The topological polar surface area (TPSA) is 126 Å². The third-order valence-electron chi connectivity index (χ3n) is 5.25. The number of benzene rings is 3. The lowest BCUT2D eigenvalue weighted by Crippen LogP contribution is -2.26. The lowest BCUT2D eigenvalue weighted by atomic mass is 10.1. The van der Waals surface area contributed by atoms with Crippen LogP contribution < -0.4 is 19.5 Å². The first kappa shape index (κ1) is 24.8. The maximum absolute atomic E-state index is 12.7. The number of hydrogen-bond donors (Lipinski definition) is 4. The molecule has 0 spiro atoms. The number of aliphatic hydroxyl groups is 1. The molecule has 9 nitrogen and oxygen atoms in total. The number of methoxy groups -OCH3 is 1. The molecule has 184 valence electrons. The molecule has 0 aliphatic heterocycles. The molecule has 0 aliphatic carbocycles. The van der Waals surface area contributed by atoms with E-state index in [4.69, 9.17) is 21.1 Å². The summed E-state index contributed by atoms with van der Waals surface area (Å²) in [6.07, 6.45) is -0.834. The van der Waals surface area contributed by atoms with Crippen molar-refractivity contribution in [2.45, 2.75) is 11.0 Å². The Hall–Kier alpha value is -3.31. The second-order valence-corrected chi connectivity index (χ2v) is 9.74. The van der Waals surface area contributed by atoms with Crippen LogP contribution in [0.3, 0.4) is 0 Å². The Morgan fingerprint density at radius 3 is 2.74 bits per heavy atom. The normalized spacial score (nSPS) is 12.4. The van der Waals surface area contributed by atoms with Gasteiger partial charge in [-0.3, -0.25) is 9.82 Å². The van der Waals surface area contributed by atoms with Crippen LogP contribution in [-0.4, -0.2) is 50.5 Å². The minimum atomic E-state index is -3.81. The molecule has 35 heavy (non-hydrogen) atoms. The van der Waals surface area contributed by atoms with E-state index in [1.54, 1.807) is 36.4 Å². The zero-order valence-electron chi connectivity index (χ0n) is 18.9. The number of nitrogens with one attached hydrogen (secondary N) is 3.